The third kappa shape index (κ3) is 3.58. The SMILES string of the molecule is COC1CCCC1NC(C)c1cccc(S(N)(=O)=O)c1. The van der Waals surface area contributed by atoms with Crippen molar-refractivity contribution in [3.8, 4) is 0 Å². The molecule has 0 bridgehead atoms. The second-order valence-corrected chi connectivity index (χ2v) is 6.88. The monoisotopic (exact) mass is 298 g/mol. The summed E-state index contributed by atoms with van der Waals surface area (Å²) >= 11 is 0. The van der Waals surface area contributed by atoms with E-state index in [0.717, 1.165) is 24.8 Å². The molecule has 3 atom stereocenters. The van der Waals surface area contributed by atoms with Crippen LogP contribution in [0.25, 0.3) is 0 Å². The van der Waals surface area contributed by atoms with Crippen LogP contribution in [-0.2, 0) is 14.8 Å². The predicted octanol–water partition coefficient (Wildman–Crippen LogP) is 1.55. The first-order chi connectivity index (χ1) is 9.41. The van der Waals surface area contributed by atoms with E-state index in [-0.39, 0.29) is 17.0 Å². The molecule has 20 heavy (non-hydrogen) atoms. The van der Waals surface area contributed by atoms with Gasteiger partial charge in [0.2, 0.25) is 10.0 Å². The Labute approximate surface area is 120 Å². The van der Waals surface area contributed by atoms with Crippen LogP contribution >= 0.6 is 0 Å². The molecule has 5 nitrogen and oxygen atoms in total. The molecular weight excluding hydrogens is 276 g/mol. The van der Waals surface area contributed by atoms with Crippen LogP contribution in [-0.4, -0.2) is 27.7 Å². The zero-order chi connectivity index (χ0) is 14.8. The molecule has 1 saturated carbocycles. The molecule has 0 aliphatic heterocycles. The third-order valence-electron chi connectivity index (χ3n) is 3.91. The van der Waals surface area contributed by atoms with Crippen molar-refractivity contribution in [3.63, 3.8) is 0 Å². The molecule has 1 fully saturated rings. The van der Waals surface area contributed by atoms with Crippen molar-refractivity contribution in [1.82, 2.24) is 5.32 Å². The van der Waals surface area contributed by atoms with Crippen LogP contribution in [0.3, 0.4) is 0 Å². The maximum atomic E-state index is 11.4. The summed E-state index contributed by atoms with van der Waals surface area (Å²) in [5.74, 6) is 0. The average molecular weight is 298 g/mol. The van der Waals surface area contributed by atoms with E-state index in [0.29, 0.717) is 6.04 Å². The highest BCUT2D eigenvalue weighted by atomic mass is 32.2. The number of hydrogen-bond acceptors (Lipinski definition) is 4. The van der Waals surface area contributed by atoms with Crippen LogP contribution < -0.4 is 10.5 Å². The van der Waals surface area contributed by atoms with Crippen molar-refractivity contribution in [2.24, 2.45) is 5.14 Å². The van der Waals surface area contributed by atoms with Gasteiger partial charge in [0, 0.05) is 19.2 Å². The average Bonchev–Trinajstić information content (AvgIpc) is 2.85. The first kappa shape index (κ1) is 15.4. The van der Waals surface area contributed by atoms with Crippen LogP contribution in [0.5, 0.6) is 0 Å². The Morgan fingerprint density at radius 2 is 2.15 bits per heavy atom. The molecule has 1 aromatic carbocycles. The van der Waals surface area contributed by atoms with Crippen LogP contribution in [0.15, 0.2) is 29.2 Å². The number of rotatable bonds is 5. The summed E-state index contributed by atoms with van der Waals surface area (Å²) in [6, 6.07) is 7.13. The summed E-state index contributed by atoms with van der Waals surface area (Å²) in [6.07, 6.45) is 3.54. The number of nitrogens with one attached hydrogen (secondary N) is 1. The van der Waals surface area contributed by atoms with Crippen molar-refractivity contribution < 1.29 is 13.2 Å². The van der Waals surface area contributed by atoms with E-state index in [4.69, 9.17) is 9.88 Å². The fourth-order valence-electron chi connectivity index (χ4n) is 2.78. The van der Waals surface area contributed by atoms with Crippen molar-refractivity contribution in [3.05, 3.63) is 29.8 Å². The lowest BCUT2D eigenvalue weighted by Crippen LogP contribution is -2.38. The van der Waals surface area contributed by atoms with Gasteiger partial charge < -0.3 is 10.1 Å². The summed E-state index contributed by atoms with van der Waals surface area (Å²) in [7, 11) is -1.92. The van der Waals surface area contributed by atoms with Crippen molar-refractivity contribution in [1.29, 1.82) is 0 Å². The van der Waals surface area contributed by atoms with Gasteiger partial charge in [-0.2, -0.15) is 0 Å². The Hall–Kier alpha value is -0.950. The van der Waals surface area contributed by atoms with E-state index in [9.17, 15) is 8.42 Å². The molecule has 0 aromatic heterocycles. The van der Waals surface area contributed by atoms with E-state index in [1.165, 1.54) is 6.07 Å². The van der Waals surface area contributed by atoms with Gasteiger partial charge in [0.05, 0.1) is 11.0 Å². The number of ether oxygens (including phenoxy) is 1. The van der Waals surface area contributed by atoms with E-state index in [1.54, 1.807) is 19.2 Å². The van der Waals surface area contributed by atoms with Crippen molar-refractivity contribution >= 4 is 10.0 Å². The molecule has 1 aromatic rings. The van der Waals surface area contributed by atoms with Gasteiger partial charge in [-0.25, -0.2) is 13.6 Å². The minimum Gasteiger partial charge on any atom is -0.380 e. The van der Waals surface area contributed by atoms with Gasteiger partial charge >= 0.3 is 0 Å². The number of primary sulfonamides is 1. The Morgan fingerprint density at radius 1 is 1.40 bits per heavy atom. The number of benzene rings is 1. The minimum atomic E-state index is -3.65. The van der Waals surface area contributed by atoms with Gasteiger partial charge in [0.25, 0.3) is 0 Å². The normalized spacial score (nSPS) is 24.8. The number of hydrogen-bond donors (Lipinski definition) is 2. The smallest absolute Gasteiger partial charge is 0.238 e. The summed E-state index contributed by atoms with van der Waals surface area (Å²) in [4.78, 5) is 0.151. The van der Waals surface area contributed by atoms with E-state index in [2.05, 4.69) is 5.32 Å². The van der Waals surface area contributed by atoms with Crippen molar-refractivity contribution in [2.75, 3.05) is 7.11 Å². The fraction of sp³-hybridized carbons (Fsp3) is 0.571. The lowest BCUT2D eigenvalue weighted by atomic mass is 10.1. The van der Waals surface area contributed by atoms with Crippen LogP contribution in [0.2, 0.25) is 0 Å². The molecule has 0 saturated heterocycles. The van der Waals surface area contributed by atoms with Gasteiger partial charge in [-0.1, -0.05) is 12.1 Å². The van der Waals surface area contributed by atoms with Crippen molar-refractivity contribution in [2.45, 2.75) is 49.3 Å². The first-order valence-electron chi connectivity index (χ1n) is 6.83. The molecule has 112 valence electrons. The molecule has 3 N–H and O–H groups in total. The second-order valence-electron chi connectivity index (χ2n) is 5.32. The quantitative estimate of drug-likeness (QED) is 0.864. The van der Waals surface area contributed by atoms with Crippen LogP contribution in [0.4, 0.5) is 0 Å². The topological polar surface area (TPSA) is 81.4 Å². The zero-order valence-electron chi connectivity index (χ0n) is 11.9. The lowest BCUT2D eigenvalue weighted by molar-refractivity contribution is 0.0819. The molecular formula is C14H22N2O3S. The van der Waals surface area contributed by atoms with E-state index in [1.807, 2.05) is 13.0 Å². The van der Waals surface area contributed by atoms with E-state index < -0.39 is 10.0 Å². The molecule has 0 radical (unpaired) electrons. The molecule has 1 aliphatic rings. The third-order valence-corrected chi connectivity index (χ3v) is 4.82. The minimum absolute atomic E-state index is 0.0532. The zero-order valence-corrected chi connectivity index (χ0v) is 12.7. The number of nitrogens with two attached hydrogens (primary N) is 1. The second kappa shape index (κ2) is 6.22. The Morgan fingerprint density at radius 3 is 2.80 bits per heavy atom. The van der Waals surface area contributed by atoms with Gasteiger partial charge in [-0.3, -0.25) is 0 Å². The number of sulfonamides is 1. The molecule has 0 spiro atoms. The summed E-state index contributed by atoms with van der Waals surface area (Å²) < 4.78 is 28.2. The molecule has 0 heterocycles. The lowest BCUT2D eigenvalue weighted by Gasteiger charge is -2.24. The molecule has 0 amide bonds. The summed E-state index contributed by atoms with van der Waals surface area (Å²) in [5, 5.41) is 8.68. The van der Waals surface area contributed by atoms with Gasteiger partial charge in [-0.15, -0.1) is 0 Å². The number of methoxy groups -OCH3 is 1. The molecule has 1 aliphatic carbocycles. The van der Waals surface area contributed by atoms with E-state index >= 15 is 0 Å². The molecule has 3 unspecified atom stereocenters. The summed E-state index contributed by atoms with van der Waals surface area (Å²) in [6.45, 7) is 2.02. The molecule has 6 heteroatoms. The Balaban J connectivity index is 2.11. The summed E-state index contributed by atoms with van der Waals surface area (Å²) in [5.41, 5.74) is 0.915. The largest absolute Gasteiger partial charge is 0.380 e. The van der Waals surface area contributed by atoms with Crippen LogP contribution in [0.1, 0.15) is 37.8 Å². The first-order valence-corrected chi connectivity index (χ1v) is 8.38. The van der Waals surface area contributed by atoms with Crippen LogP contribution in [0, 0.1) is 0 Å². The standard InChI is InChI=1S/C14H22N2O3S/c1-10(16-13-7-4-8-14(13)19-2)11-5-3-6-12(9-11)20(15,17)18/h3,5-6,9-10,13-14,16H,4,7-8H2,1-2H3,(H2,15,17,18). The predicted molar refractivity (Wildman–Crippen MR) is 77.8 cm³/mol. The molecule has 2 rings (SSSR count). The highest BCUT2D eigenvalue weighted by molar-refractivity contribution is 7.89. The van der Waals surface area contributed by atoms with Gasteiger partial charge in [0.15, 0.2) is 0 Å². The highest BCUT2D eigenvalue weighted by Gasteiger charge is 2.28. The fourth-order valence-corrected chi connectivity index (χ4v) is 3.35. The maximum absolute atomic E-state index is 11.4. The highest BCUT2D eigenvalue weighted by Crippen LogP contribution is 2.25. The van der Waals surface area contributed by atoms with Gasteiger partial charge in [-0.05, 0) is 43.9 Å². The Bertz CT molecular complexity index is 559. The maximum Gasteiger partial charge on any atom is 0.238 e. The Kier molecular flexibility index (Phi) is 4.80. The van der Waals surface area contributed by atoms with Gasteiger partial charge in [0.1, 0.15) is 0 Å².